The number of Topliss-reactive ketones (excluding diaryl/α,β-unsaturated/α-hetero) is 1. The van der Waals surface area contributed by atoms with E-state index in [1.165, 1.54) is 0 Å². The van der Waals surface area contributed by atoms with Gasteiger partial charge in [0.15, 0.2) is 5.78 Å². The van der Waals surface area contributed by atoms with Crippen LogP contribution in [0.25, 0.3) is 0 Å². The van der Waals surface area contributed by atoms with Crippen molar-refractivity contribution in [3.8, 4) is 0 Å². The maximum absolute atomic E-state index is 12.1. The van der Waals surface area contributed by atoms with E-state index in [0.717, 1.165) is 22.3 Å². The summed E-state index contributed by atoms with van der Waals surface area (Å²) in [7, 11) is 0. The minimum absolute atomic E-state index is 0.0178. The molecule has 0 fully saturated rings. The molecule has 92 valence electrons. The fourth-order valence-electron chi connectivity index (χ4n) is 2.75. The molecule has 2 N–H and O–H groups in total. The molecule has 0 saturated carbocycles. The van der Waals surface area contributed by atoms with E-state index in [2.05, 4.69) is 0 Å². The summed E-state index contributed by atoms with van der Waals surface area (Å²) in [6, 6.07) is 1.89. The summed E-state index contributed by atoms with van der Waals surface area (Å²) in [5.41, 5.74) is 4.40. The Balaban J connectivity index is 2.65. The number of rotatable bonds is 2. The molecule has 0 bridgehead atoms. The summed E-state index contributed by atoms with van der Waals surface area (Å²) >= 11 is 0. The predicted molar refractivity (Wildman–Crippen MR) is 65.2 cm³/mol. The summed E-state index contributed by atoms with van der Waals surface area (Å²) in [6.45, 7) is 5.69. The highest BCUT2D eigenvalue weighted by molar-refractivity contribution is 6.04. The molecule has 2 atom stereocenters. The summed E-state index contributed by atoms with van der Waals surface area (Å²) in [5, 5.41) is 19.1. The number of fused-ring (bicyclic) bond motifs is 1. The Morgan fingerprint density at radius 3 is 2.59 bits per heavy atom. The summed E-state index contributed by atoms with van der Waals surface area (Å²) in [5.74, 6) is -0.336. The fourth-order valence-corrected chi connectivity index (χ4v) is 2.75. The summed E-state index contributed by atoms with van der Waals surface area (Å²) in [6.07, 6.45) is -0.124. The smallest absolute Gasteiger partial charge is 0.169 e. The van der Waals surface area contributed by atoms with Crippen molar-refractivity contribution in [2.75, 3.05) is 6.61 Å². The second kappa shape index (κ2) is 4.24. The molecule has 1 aromatic carbocycles. The van der Waals surface area contributed by atoms with E-state index in [-0.39, 0.29) is 18.3 Å². The monoisotopic (exact) mass is 234 g/mol. The van der Waals surface area contributed by atoms with E-state index in [1.54, 1.807) is 6.92 Å². The van der Waals surface area contributed by atoms with Crippen LogP contribution in [-0.2, 0) is 6.42 Å². The standard InChI is InChI=1S/C14H18O3/c1-7-6-11-12(8(2)10(7)4-5-15)14(17)9(3)13(11)16/h6,9,13,15-16H,4-5H2,1-3H3/t9-,13-/m1/s1. The van der Waals surface area contributed by atoms with Gasteiger partial charge in [-0.2, -0.15) is 0 Å². The highest BCUT2D eigenvalue weighted by atomic mass is 16.3. The first kappa shape index (κ1) is 12.3. The molecule has 1 aliphatic rings. The summed E-state index contributed by atoms with van der Waals surface area (Å²) in [4.78, 5) is 12.1. The van der Waals surface area contributed by atoms with Gasteiger partial charge in [-0.1, -0.05) is 13.0 Å². The van der Waals surface area contributed by atoms with Crippen LogP contribution in [0.3, 0.4) is 0 Å². The Hall–Kier alpha value is -1.19. The van der Waals surface area contributed by atoms with Gasteiger partial charge in [-0.25, -0.2) is 0 Å². The van der Waals surface area contributed by atoms with Crippen molar-refractivity contribution in [3.05, 3.63) is 33.9 Å². The molecule has 1 aromatic rings. The minimum Gasteiger partial charge on any atom is -0.396 e. The second-order valence-electron chi connectivity index (χ2n) is 4.83. The molecule has 0 heterocycles. The van der Waals surface area contributed by atoms with Crippen molar-refractivity contribution >= 4 is 5.78 Å². The van der Waals surface area contributed by atoms with Crippen LogP contribution in [0.15, 0.2) is 6.07 Å². The van der Waals surface area contributed by atoms with Crippen molar-refractivity contribution in [2.24, 2.45) is 5.92 Å². The number of aliphatic hydroxyl groups excluding tert-OH is 2. The SMILES string of the molecule is Cc1cc2c(c(C)c1CCO)C(=O)[C@H](C)[C@H]2O. The molecule has 3 heteroatoms. The van der Waals surface area contributed by atoms with Crippen molar-refractivity contribution in [3.63, 3.8) is 0 Å². The quantitative estimate of drug-likeness (QED) is 0.819. The van der Waals surface area contributed by atoms with Gasteiger partial charge in [-0.3, -0.25) is 4.79 Å². The molecule has 0 radical (unpaired) electrons. The van der Waals surface area contributed by atoms with Gasteiger partial charge < -0.3 is 10.2 Å². The van der Waals surface area contributed by atoms with E-state index in [0.29, 0.717) is 12.0 Å². The van der Waals surface area contributed by atoms with E-state index in [1.807, 2.05) is 19.9 Å². The van der Waals surface area contributed by atoms with Gasteiger partial charge >= 0.3 is 0 Å². The molecule has 0 saturated heterocycles. The van der Waals surface area contributed by atoms with Crippen LogP contribution in [0, 0.1) is 19.8 Å². The molecule has 3 nitrogen and oxygen atoms in total. The maximum Gasteiger partial charge on any atom is 0.169 e. The lowest BCUT2D eigenvalue weighted by molar-refractivity contribution is 0.0790. The van der Waals surface area contributed by atoms with E-state index in [9.17, 15) is 9.90 Å². The van der Waals surface area contributed by atoms with Crippen LogP contribution in [0.4, 0.5) is 0 Å². The van der Waals surface area contributed by atoms with Gasteiger partial charge in [-0.05, 0) is 42.5 Å². The number of ketones is 1. The topological polar surface area (TPSA) is 57.5 Å². The van der Waals surface area contributed by atoms with E-state index in [4.69, 9.17) is 5.11 Å². The van der Waals surface area contributed by atoms with Gasteiger partial charge in [0.05, 0.1) is 6.10 Å². The van der Waals surface area contributed by atoms with Gasteiger partial charge in [0.2, 0.25) is 0 Å². The van der Waals surface area contributed by atoms with Crippen molar-refractivity contribution in [2.45, 2.75) is 33.3 Å². The maximum atomic E-state index is 12.1. The number of carbonyl (C=O) groups is 1. The fraction of sp³-hybridized carbons (Fsp3) is 0.500. The van der Waals surface area contributed by atoms with Gasteiger partial charge in [-0.15, -0.1) is 0 Å². The third-order valence-electron chi connectivity index (χ3n) is 3.78. The number of aryl methyl sites for hydroxylation is 1. The Morgan fingerprint density at radius 1 is 1.35 bits per heavy atom. The number of carbonyl (C=O) groups excluding carboxylic acids is 1. The van der Waals surface area contributed by atoms with Crippen LogP contribution < -0.4 is 0 Å². The van der Waals surface area contributed by atoms with Crippen LogP contribution in [-0.4, -0.2) is 22.6 Å². The third-order valence-corrected chi connectivity index (χ3v) is 3.78. The van der Waals surface area contributed by atoms with E-state index >= 15 is 0 Å². The first-order valence-corrected chi connectivity index (χ1v) is 5.95. The Bertz CT molecular complexity index is 477. The molecule has 0 unspecified atom stereocenters. The lowest BCUT2D eigenvalue weighted by Gasteiger charge is -2.14. The lowest BCUT2D eigenvalue weighted by Crippen LogP contribution is -2.09. The first-order valence-electron chi connectivity index (χ1n) is 5.95. The number of hydrogen-bond donors (Lipinski definition) is 2. The molecule has 1 aliphatic carbocycles. The van der Waals surface area contributed by atoms with Gasteiger partial charge in [0, 0.05) is 18.1 Å². The molecule has 2 rings (SSSR count). The molecule has 17 heavy (non-hydrogen) atoms. The number of aliphatic hydroxyl groups is 2. The minimum atomic E-state index is -0.682. The summed E-state index contributed by atoms with van der Waals surface area (Å²) < 4.78 is 0. The van der Waals surface area contributed by atoms with Crippen molar-refractivity contribution in [1.82, 2.24) is 0 Å². The zero-order chi connectivity index (χ0) is 12.7. The van der Waals surface area contributed by atoms with Crippen LogP contribution in [0.5, 0.6) is 0 Å². The second-order valence-corrected chi connectivity index (χ2v) is 4.83. The largest absolute Gasteiger partial charge is 0.396 e. The Kier molecular flexibility index (Phi) is 3.06. The van der Waals surface area contributed by atoms with Gasteiger partial charge in [0.1, 0.15) is 0 Å². The predicted octanol–water partition coefficient (Wildman–Crippen LogP) is 1.70. The molecule has 0 aromatic heterocycles. The molecule has 0 amide bonds. The van der Waals surface area contributed by atoms with Crippen LogP contribution in [0.1, 0.15) is 45.6 Å². The van der Waals surface area contributed by atoms with Crippen molar-refractivity contribution < 1.29 is 15.0 Å². The molecule has 0 aliphatic heterocycles. The third kappa shape index (κ3) is 1.70. The highest BCUT2D eigenvalue weighted by Crippen LogP contribution is 2.39. The lowest BCUT2D eigenvalue weighted by atomic mass is 9.92. The molecular weight excluding hydrogens is 216 g/mol. The zero-order valence-electron chi connectivity index (χ0n) is 10.4. The van der Waals surface area contributed by atoms with Crippen LogP contribution in [0.2, 0.25) is 0 Å². The zero-order valence-corrected chi connectivity index (χ0v) is 10.4. The first-order chi connectivity index (χ1) is 7.99. The Labute approximate surface area is 101 Å². The molecular formula is C14H18O3. The van der Waals surface area contributed by atoms with Gasteiger partial charge in [0.25, 0.3) is 0 Å². The normalized spacial score (nSPS) is 23.0. The average Bonchev–Trinajstić information content (AvgIpc) is 2.50. The number of benzene rings is 1. The van der Waals surface area contributed by atoms with Crippen LogP contribution >= 0.6 is 0 Å². The average molecular weight is 234 g/mol. The number of hydrogen-bond acceptors (Lipinski definition) is 3. The van der Waals surface area contributed by atoms with E-state index < -0.39 is 6.10 Å². The molecule has 0 spiro atoms. The Morgan fingerprint density at radius 2 is 2.00 bits per heavy atom. The van der Waals surface area contributed by atoms with Crippen molar-refractivity contribution in [1.29, 1.82) is 0 Å². The highest BCUT2D eigenvalue weighted by Gasteiger charge is 2.37.